The smallest absolute Gasteiger partial charge is 0.248 e. The van der Waals surface area contributed by atoms with Crippen molar-refractivity contribution in [1.82, 2.24) is 29.3 Å². The molecule has 2 aliphatic heterocycles. The van der Waals surface area contributed by atoms with E-state index >= 15 is 0 Å². The van der Waals surface area contributed by atoms with E-state index in [9.17, 15) is 9.59 Å². The van der Waals surface area contributed by atoms with E-state index in [1.807, 2.05) is 29.7 Å². The molecule has 1 aromatic carbocycles. The Labute approximate surface area is 203 Å². The van der Waals surface area contributed by atoms with Gasteiger partial charge < -0.3 is 20.1 Å². The van der Waals surface area contributed by atoms with Gasteiger partial charge in [-0.15, -0.1) is 0 Å². The number of likely N-dealkylation sites (tertiary alicyclic amines) is 1. The molecule has 10 nitrogen and oxygen atoms in total. The second kappa shape index (κ2) is 8.92. The quantitative estimate of drug-likeness (QED) is 0.545. The highest BCUT2D eigenvalue weighted by Gasteiger charge is 2.31. The van der Waals surface area contributed by atoms with E-state index in [0.29, 0.717) is 37.0 Å². The second-order valence-electron chi connectivity index (χ2n) is 9.98. The molecule has 3 fully saturated rings. The van der Waals surface area contributed by atoms with Crippen LogP contribution < -0.4 is 10.6 Å². The maximum Gasteiger partial charge on any atom is 0.248 e. The van der Waals surface area contributed by atoms with Gasteiger partial charge in [-0.05, 0) is 42.5 Å². The van der Waals surface area contributed by atoms with Gasteiger partial charge in [0.05, 0.1) is 23.9 Å². The molecule has 1 saturated carbocycles. The highest BCUT2D eigenvalue weighted by molar-refractivity contribution is 5.96. The van der Waals surface area contributed by atoms with Crippen LogP contribution in [0.25, 0.3) is 11.0 Å². The molecule has 0 spiro atoms. The van der Waals surface area contributed by atoms with Gasteiger partial charge in [-0.2, -0.15) is 0 Å². The molecule has 2 saturated heterocycles. The lowest BCUT2D eigenvalue weighted by Gasteiger charge is -2.41. The summed E-state index contributed by atoms with van der Waals surface area (Å²) in [6, 6.07) is 5.33. The Morgan fingerprint density at radius 3 is 2.43 bits per heavy atom. The molecule has 0 atom stereocenters. The maximum absolute atomic E-state index is 12.8. The number of carbonyl (C=O) groups is 2. The Morgan fingerprint density at radius 2 is 1.74 bits per heavy atom. The summed E-state index contributed by atoms with van der Waals surface area (Å²) in [5, 5.41) is 0. The predicted octanol–water partition coefficient (Wildman–Crippen LogP) is 1.08. The molecule has 2 amide bonds. The third kappa shape index (κ3) is 4.58. The number of hydrogen-bond donors (Lipinski definition) is 1. The monoisotopic (exact) mass is 474 g/mol. The highest BCUT2D eigenvalue weighted by atomic mass is 16.2. The van der Waals surface area contributed by atoms with Gasteiger partial charge in [-0.25, -0.2) is 15.0 Å². The standard InChI is InChI=1S/C25H30N8O2/c26-24(35)19-3-4-21-22(9-19)33(16-29-21)14-17-12-30(13-17)15-23(34)31-5-7-32(8-6-31)25-27-10-20(11-28-25)18-1-2-18/h3-4,9-11,16-18H,1-2,5-8,12-15H2,(H2,26,35). The number of aromatic nitrogens is 4. The Bertz CT molecular complexity index is 1240. The van der Waals surface area contributed by atoms with Crippen LogP contribution in [0.3, 0.4) is 0 Å². The van der Waals surface area contributed by atoms with Crippen molar-refractivity contribution >= 4 is 28.8 Å². The van der Waals surface area contributed by atoms with Crippen molar-refractivity contribution in [3.8, 4) is 0 Å². The molecule has 4 heterocycles. The van der Waals surface area contributed by atoms with Crippen molar-refractivity contribution in [2.75, 3.05) is 50.7 Å². The summed E-state index contributed by atoms with van der Waals surface area (Å²) in [5.41, 5.74) is 8.92. The third-order valence-electron chi connectivity index (χ3n) is 7.37. The lowest BCUT2D eigenvalue weighted by Crippen LogP contribution is -2.55. The van der Waals surface area contributed by atoms with Crippen molar-refractivity contribution in [1.29, 1.82) is 0 Å². The molecule has 10 heteroatoms. The summed E-state index contributed by atoms with van der Waals surface area (Å²) in [6.07, 6.45) is 8.23. The molecule has 2 aromatic heterocycles. The minimum absolute atomic E-state index is 0.187. The van der Waals surface area contributed by atoms with Crippen LogP contribution in [0, 0.1) is 5.92 Å². The summed E-state index contributed by atoms with van der Waals surface area (Å²) in [7, 11) is 0. The van der Waals surface area contributed by atoms with Crippen LogP contribution in [0.1, 0.15) is 34.7 Å². The molecule has 182 valence electrons. The number of carbonyl (C=O) groups excluding carboxylic acids is 2. The topological polar surface area (TPSA) is 113 Å². The van der Waals surface area contributed by atoms with E-state index in [4.69, 9.17) is 5.73 Å². The van der Waals surface area contributed by atoms with Crippen LogP contribution in [-0.2, 0) is 11.3 Å². The fraction of sp³-hybridized carbons (Fsp3) is 0.480. The normalized spacial score (nSPS) is 19.2. The van der Waals surface area contributed by atoms with E-state index in [1.54, 1.807) is 12.1 Å². The SMILES string of the molecule is NC(=O)c1ccc2ncn(CC3CN(CC(=O)N4CCN(c5ncc(C6CC6)cn5)CC4)C3)c2c1. The van der Waals surface area contributed by atoms with Gasteiger partial charge in [0.2, 0.25) is 17.8 Å². The van der Waals surface area contributed by atoms with Crippen molar-refractivity contribution in [3.63, 3.8) is 0 Å². The Morgan fingerprint density at radius 1 is 1.00 bits per heavy atom. The average Bonchev–Trinajstić information content (AvgIpc) is 3.63. The first kappa shape index (κ1) is 22.0. The van der Waals surface area contributed by atoms with Crippen molar-refractivity contribution in [2.24, 2.45) is 11.7 Å². The maximum atomic E-state index is 12.8. The number of nitrogens with two attached hydrogens (primary N) is 1. The Kier molecular flexibility index (Phi) is 5.60. The van der Waals surface area contributed by atoms with Gasteiger partial charge in [0.25, 0.3) is 0 Å². The first-order valence-electron chi connectivity index (χ1n) is 12.4. The zero-order valence-corrected chi connectivity index (χ0v) is 19.7. The number of piperazine rings is 1. The van der Waals surface area contributed by atoms with E-state index in [1.165, 1.54) is 18.4 Å². The van der Waals surface area contributed by atoms with Crippen LogP contribution in [0.4, 0.5) is 5.95 Å². The third-order valence-corrected chi connectivity index (χ3v) is 7.37. The van der Waals surface area contributed by atoms with Crippen LogP contribution in [0.15, 0.2) is 36.9 Å². The number of nitrogens with zero attached hydrogens (tertiary/aromatic N) is 7. The molecule has 0 bridgehead atoms. The molecule has 1 aliphatic carbocycles. The van der Waals surface area contributed by atoms with Gasteiger partial charge in [0.15, 0.2) is 0 Å². The molecule has 6 rings (SSSR count). The van der Waals surface area contributed by atoms with Crippen LogP contribution in [-0.4, -0.2) is 86.9 Å². The van der Waals surface area contributed by atoms with Crippen LogP contribution in [0.5, 0.6) is 0 Å². The van der Waals surface area contributed by atoms with E-state index in [2.05, 4.69) is 29.3 Å². The first-order chi connectivity index (χ1) is 17.0. The fourth-order valence-electron chi connectivity index (χ4n) is 5.12. The second-order valence-corrected chi connectivity index (χ2v) is 9.98. The van der Waals surface area contributed by atoms with E-state index in [-0.39, 0.29) is 5.91 Å². The zero-order valence-electron chi connectivity index (χ0n) is 19.7. The molecule has 0 radical (unpaired) electrons. The molecular weight excluding hydrogens is 444 g/mol. The number of primary amides is 1. The van der Waals surface area contributed by atoms with E-state index in [0.717, 1.165) is 49.7 Å². The van der Waals surface area contributed by atoms with Crippen LogP contribution >= 0.6 is 0 Å². The number of amides is 2. The molecular formula is C25H30N8O2. The number of benzene rings is 1. The zero-order chi connectivity index (χ0) is 23.9. The van der Waals surface area contributed by atoms with E-state index < -0.39 is 5.91 Å². The van der Waals surface area contributed by atoms with Gasteiger partial charge in [-0.3, -0.25) is 14.5 Å². The van der Waals surface area contributed by atoms with Crippen molar-refractivity contribution < 1.29 is 9.59 Å². The number of fused-ring (bicyclic) bond motifs is 1. The summed E-state index contributed by atoms with van der Waals surface area (Å²) in [6.45, 7) is 5.95. The number of rotatable bonds is 7. The minimum Gasteiger partial charge on any atom is -0.366 e. The molecule has 2 N–H and O–H groups in total. The molecule has 3 aliphatic rings. The largest absolute Gasteiger partial charge is 0.366 e. The predicted molar refractivity (Wildman–Crippen MR) is 131 cm³/mol. The average molecular weight is 475 g/mol. The van der Waals surface area contributed by atoms with Gasteiger partial charge in [-0.1, -0.05) is 0 Å². The molecule has 3 aromatic rings. The lowest BCUT2D eigenvalue weighted by atomic mass is 10.00. The van der Waals surface area contributed by atoms with Crippen molar-refractivity contribution in [2.45, 2.75) is 25.3 Å². The van der Waals surface area contributed by atoms with Gasteiger partial charge >= 0.3 is 0 Å². The van der Waals surface area contributed by atoms with Crippen molar-refractivity contribution in [3.05, 3.63) is 48.0 Å². The lowest BCUT2D eigenvalue weighted by molar-refractivity contribution is -0.134. The summed E-state index contributed by atoms with van der Waals surface area (Å²) < 4.78 is 2.07. The highest BCUT2D eigenvalue weighted by Crippen LogP contribution is 2.39. The summed E-state index contributed by atoms with van der Waals surface area (Å²) in [4.78, 5) is 44.2. The first-order valence-corrected chi connectivity index (χ1v) is 12.4. The molecule has 0 unspecified atom stereocenters. The minimum atomic E-state index is -0.437. The Hall–Kier alpha value is -3.53. The van der Waals surface area contributed by atoms with Gasteiger partial charge in [0.1, 0.15) is 0 Å². The number of anilines is 1. The summed E-state index contributed by atoms with van der Waals surface area (Å²) in [5.74, 6) is 1.63. The van der Waals surface area contributed by atoms with Gasteiger partial charge in [0, 0.05) is 69.7 Å². The van der Waals surface area contributed by atoms with Crippen LogP contribution in [0.2, 0.25) is 0 Å². The fourth-order valence-corrected chi connectivity index (χ4v) is 5.12. The Balaban J connectivity index is 0.965. The number of hydrogen-bond acceptors (Lipinski definition) is 7. The molecule has 35 heavy (non-hydrogen) atoms. The summed E-state index contributed by atoms with van der Waals surface area (Å²) >= 11 is 0. The number of imidazole rings is 1.